The van der Waals surface area contributed by atoms with E-state index < -0.39 is 52.0 Å². The fraction of sp³-hybridized carbons (Fsp3) is 0.286. The Morgan fingerprint density at radius 3 is 2.37 bits per heavy atom. The molecule has 1 amide bonds. The number of amides is 1. The van der Waals surface area contributed by atoms with Gasteiger partial charge in [-0.15, -0.1) is 0 Å². The Balaban J connectivity index is 1.72. The molecule has 0 aromatic heterocycles. The maximum Gasteiger partial charge on any atom is 0.255 e. The summed E-state index contributed by atoms with van der Waals surface area (Å²) in [5.41, 5.74) is 4.05. The molecule has 0 aliphatic heterocycles. The number of aliphatic hydroxyl groups is 3. The predicted molar refractivity (Wildman–Crippen MR) is 135 cm³/mol. The summed E-state index contributed by atoms with van der Waals surface area (Å²) in [5.74, 6) is -6.65. The summed E-state index contributed by atoms with van der Waals surface area (Å²) in [5, 5.41) is 53.4. The van der Waals surface area contributed by atoms with E-state index in [1.807, 2.05) is 6.07 Å². The second-order valence-corrected chi connectivity index (χ2v) is 10.1. The zero-order valence-corrected chi connectivity index (χ0v) is 20.6. The zero-order valence-electron chi connectivity index (χ0n) is 20.6. The van der Waals surface area contributed by atoms with E-state index in [-0.39, 0.29) is 36.1 Å². The second kappa shape index (κ2) is 8.46. The maximum atomic E-state index is 13.9. The quantitative estimate of drug-likeness (QED) is 0.382. The normalized spacial score (nSPS) is 24.4. The van der Waals surface area contributed by atoms with Crippen molar-refractivity contribution in [3.05, 3.63) is 69.7 Å². The van der Waals surface area contributed by atoms with Crippen LogP contribution in [0, 0.1) is 23.2 Å². The third-order valence-corrected chi connectivity index (χ3v) is 7.85. The van der Waals surface area contributed by atoms with Crippen LogP contribution in [0.2, 0.25) is 0 Å². The lowest BCUT2D eigenvalue weighted by Crippen LogP contribution is -2.57. The Kier molecular flexibility index (Phi) is 5.58. The molecule has 0 saturated carbocycles. The molecule has 0 radical (unpaired) electrons. The minimum absolute atomic E-state index is 0.0628. The molecule has 3 aliphatic rings. The number of rotatable bonds is 3. The van der Waals surface area contributed by atoms with Crippen LogP contribution in [-0.2, 0) is 16.0 Å². The largest absolute Gasteiger partial charge is 0.511 e. The van der Waals surface area contributed by atoms with Gasteiger partial charge in [0.15, 0.2) is 11.4 Å². The van der Waals surface area contributed by atoms with E-state index in [1.165, 1.54) is 0 Å². The molecule has 194 valence electrons. The number of nitriles is 1. The average Bonchev–Trinajstić information content (AvgIpc) is 2.86. The van der Waals surface area contributed by atoms with E-state index in [1.54, 1.807) is 49.3 Å². The van der Waals surface area contributed by atoms with Gasteiger partial charge in [0.2, 0.25) is 5.78 Å². The van der Waals surface area contributed by atoms with Crippen molar-refractivity contribution in [3.63, 3.8) is 0 Å². The number of hydrogen-bond donors (Lipinski definition) is 5. The monoisotopic (exact) mass is 515 g/mol. The fourth-order valence-electron chi connectivity index (χ4n) is 6.01. The number of phenols is 1. The lowest BCUT2D eigenvalue weighted by atomic mass is 9.60. The summed E-state index contributed by atoms with van der Waals surface area (Å²) in [7, 11) is 3.58. The van der Waals surface area contributed by atoms with Gasteiger partial charge in [-0.1, -0.05) is 12.1 Å². The van der Waals surface area contributed by atoms with Crippen LogP contribution in [-0.4, -0.2) is 57.6 Å². The second-order valence-electron chi connectivity index (χ2n) is 10.1. The number of aliphatic hydroxyl groups excluding tert-OH is 2. The van der Waals surface area contributed by atoms with E-state index in [4.69, 9.17) is 11.0 Å². The molecule has 6 N–H and O–H groups in total. The van der Waals surface area contributed by atoms with Crippen molar-refractivity contribution in [2.45, 2.75) is 24.9 Å². The SMILES string of the molecule is CN(C)c1cc(-c2ccc(C#N)cc2)c(O)c2c1C[C@H]1C[C@H]3CC(O)=C(C(N)=O)C(=O)[C@@]3(O)C(O)=C1C2=O. The summed E-state index contributed by atoms with van der Waals surface area (Å²) in [6, 6.07) is 10.2. The number of carbonyl (C=O) groups excluding carboxylic acids is 3. The summed E-state index contributed by atoms with van der Waals surface area (Å²) in [6.45, 7) is 0. The number of anilines is 1. The number of phenolic OH excluding ortho intramolecular Hbond substituents is 1. The minimum Gasteiger partial charge on any atom is -0.511 e. The van der Waals surface area contributed by atoms with Gasteiger partial charge in [0.25, 0.3) is 5.91 Å². The molecule has 5 rings (SSSR count). The highest BCUT2D eigenvalue weighted by molar-refractivity contribution is 6.24. The number of primary amides is 1. The highest BCUT2D eigenvalue weighted by atomic mass is 16.3. The third kappa shape index (κ3) is 3.32. The third-order valence-electron chi connectivity index (χ3n) is 7.85. The number of Topliss-reactive ketones (excluding diaryl/α,β-unsaturated/α-hetero) is 2. The smallest absolute Gasteiger partial charge is 0.255 e. The van der Waals surface area contributed by atoms with Gasteiger partial charge in [-0.25, -0.2) is 0 Å². The molecule has 2 aromatic carbocycles. The minimum atomic E-state index is -2.61. The Bertz CT molecular complexity index is 1550. The summed E-state index contributed by atoms with van der Waals surface area (Å²) < 4.78 is 0. The first-order valence-corrected chi connectivity index (χ1v) is 12.0. The van der Waals surface area contributed by atoms with Crippen molar-refractivity contribution >= 4 is 23.2 Å². The molecule has 0 heterocycles. The summed E-state index contributed by atoms with van der Waals surface area (Å²) in [6.07, 6.45) is -0.00412. The van der Waals surface area contributed by atoms with Gasteiger partial charge in [0.1, 0.15) is 22.8 Å². The number of ketones is 2. The van der Waals surface area contributed by atoms with Gasteiger partial charge >= 0.3 is 0 Å². The van der Waals surface area contributed by atoms with Crippen LogP contribution in [0.15, 0.2) is 53.0 Å². The van der Waals surface area contributed by atoms with Gasteiger partial charge < -0.3 is 31.1 Å². The Morgan fingerprint density at radius 1 is 1.13 bits per heavy atom. The average molecular weight is 516 g/mol. The molecule has 0 unspecified atom stereocenters. The number of carbonyl (C=O) groups is 3. The number of nitrogens with zero attached hydrogens (tertiary/aromatic N) is 2. The topological polar surface area (TPSA) is 185 Å². The van der Waals surface area contributed by atoms with Crippen molar-refractivity contribution in [1.29, 1.82) is 5.26 Å². The molecule has 3 atom stereocenters. The maximum absolute atomic E-state index is 13.9. The number of nitrogens with two attached hydrogens (primary N) is 1. The molecular formula is C28H25N3O7. The van der Waals surface area contributed by atoms with E-state index in [2.05, 4.69) is 0 Å². The van der Waals surface area contributed by atoms with Crippen molar-refractivity contribution in [1.82, 2.24) is 0 Å². The van der Waals surface area contributed by atoms with Crippen molar-refractivity contribution in [2.75, 3.05) is 19.0 Å². The van der Waals surface area contributed by atoms with Crippen LogP contribution >= 0.6 is 0 Å². The summed E-state index contributed by atoms with van der Waals surface area (Å²) in [4.78, 5) is 40.7. The van der Waals surface area contributed by atoms with Crippen LogP contribution in [0.3, 0.4) is 0 Å². The van der Waals surface area contributed by atoms with Crippen molar-refractivity contribution in [3.8, 4) is 22.9 Å². The molecule has 10 nitrogen and oxygen atoms in total. The zero-order chi connectivity index (χ0) is 27.7. The van der Waals surface area contributed by atoms with Crippen molar-refractivity contribution < 1.29 is 34.8 Å². The van der Waals surface area contributed by atoms with E-state index >= 15 is 0 Å². The van der Waals surface area contributed by atoms with Crippen LogP contribution < -0.4 is 10.6 Å². The molecule has 0 saturated heterocycles. The standard InChI is InChI=1S/C28H25N3O7/c1-31(2)18-10-16(13-5-3-12(11-29)4-6-13)23(33)21-17(18)8-14-7-15-9-19(32)22(27(30)37)26(36)28(15,38)25(35)20(14)24(21)34/h3-6,10,14-15,32-33,35,38H,7-9H2,1-2H3,(H2,30,37)/t14-,15+,28+/m1/s1. The molecular weight excluding hydrogens is 490 g/mol. The van der Waals surface area contributed by atoms with Crippen LogP contribution in [0.4, 0.5) is 5.69 Å². The Hall–Kier alpha value is -4.62. The highest BCUT2D eigenvalue weighted by Crippen LogP contribution is 2.53. The van der Waals surface area contributed by atoms with Gasteiger partial charge in [-0.05, 0) is 48.1 Å². The van der Waals surface area contributed by atoms with Gasteiger partial charge in [0, 0.05) is 43.3 Å². The lowest BCUT2D eigenvalue weighted by molar-refractivity contribution is -0.144. The molecule has 0 spiro atoms. The van der Waals surface area contributed by atoms with Gasteiger partial charge in [-0.3, -0.25) is 14.4 Å². The molecule has 2 aromatic rings. The van der Waals surface area contributed by atoms with Gasteiger partial charge in [0.05, 0.1) is 17.2 Å². The van der Waals surface area contributed by atoms with Crippen molar-refractivity contribution in [2.24, 2.45) is 17.6 Å². The lowest BCUT2D eigenvalue weighted by Gasteiger charge is -2.46. The summed E-state index contributed by atoms with van der Waals surface area (Å²) >= 11 is 0. The van der Waals surface area contributed by atoms with E-state index in [9.17, 15) is 34.8 Å². The van der Waals surface area contributed by atoms with Gasteiger partial charge in [-0.2, -0.15) is 5.26 Å². The number of aromatic hydroxyl groups is 1. The Labute approximate surface area is 217 Å². The number of benzene rings is 2. The first kappa shape index (κ1) is 25.0. The molecule has 3 aliphatic carbocycles. The number of allylic oxidation sites excluding steroid dienone is 2. The van der Waals surface area contributed by atoms with E-state index in [0.29, 0.717) is 27.9 Å². The first-order valence-electron chi connectivity index (χ1n) is 12.0. The molecule has 38 heavy (non-hydrogen) atoms. The Morgan fingerprint density at radius 2 is 1.79 bits per heavy atom. The van der Waals surface area contributed by atoms with E-state index in [0.717, 1.165) is 0 Å². The molecule has 10 heteroatoms. The van der Waals surface area contributed by atoms with Crippen LogP contribution in [0.25, 0.3) is 11.1 Å². The highest BCUT2D eigenvalue weighted by Gasteiger charge is 2.59. The number of hydrogen-bond acceptors (Lipinski definition) is 9. The fourth-order valence-corrected chi connectivity index (χ4v) is 6.01. The molecule has 0 bridgehead atoms. The van der Waals surface area contributed by atoms with Crippen LogP contribution in [0.1, 0.15) is 34.3 Å². The predicted octanol–water partition coefficient (Wildman–Crippen LogP) is 2.19. The number of fused-ring (bicyclic) bond motifs is 3. The van der Waals surface area contributed by atoms with Crippen LogP contribution in [0.5, 0.6) is 5.75 Å². The first-order chi connectivity index (χ1) is 17.9. The molecule has 0 fully saturated rings.